The number of esters is 1. The molecule has 1 N–H and O–H groups in total. The number of ketones is 1. The maximum Gasteiger partial charge on any atom is 0.338 e. The number of rotatable bonds is 5. The van der Waals surface area contributed by atoms with Crippen LogP contribution in [0.15, 0.2) is 48.8 Å². The highest BCUT2D eigenvalue weighted by Crippen LogP contribution is 2.18. The van der Waals surface area contributed by atoms with E-state index in [9.17, 15) is 9.59 Å². The standard InChI is InChI=1S/C19H17N3O3/c1-12-13(2)22-18(21-12)14-5-7-15(8-6-14)19(24)25-11-17(23)16-4-3-9-20-10-16/h3-10H,11H2,1-2H3,(H,21,22). The molecule has 0 aliphatic carbocycles. The van der Waals surface area contributed by atoms with E-state index in [0.29, 0.717) is 11.1 Å². The lowest BCUT2D eigenvalue weighted by atomic mass is 10.1. The van der Waals surface area contributed by atoms with E-state index in [1.807, 2.05) is 13.8 Å². The number of nitrogens with zero attached hydrogens (tertiary/aromatic N) is 2. The number of hydrogen-bond donors (Lipinski definition) is 1. The largest absolute Gasteiger partial charge is 0.454 e. The van der Waals surface area contributed by atoms with Crippen molar-refractivity contribution in [3.05, 3.63) is 71.3 Å². The minimum atomic E-state index is -0.546. The molecule has 126 valence electrons. The van der Waals surface area contributed by atoms with Gasteiger partial charge in [-0.15, -0.1) is 0 Å². The van der Waals surface area contributed by atoms with Crippen LogP contribution in [0.5, 0.6) is 0 Å². The predicted molar refractivity (Wildman–Crippen MR) is 92.3 cm³/mol. The summed E-state index contributed by atoms with van der Waals surface area (Å²) in [6.07, 6.45) is 3.02. The minimum absolute atomic E-state index is 0.292. The van der Waals surface area contributed by atoms with E-state index >= 15 is 0 Å². The fraction of sp³-hybridized carbons (Fsp3) is 0.158. The van der Waals surface area contributed by atoms with Gasteiger partial charge in [0, 0.05) is 29.2 Å². The Morgan fingerprint density at radius 3 is 2.44 bits per heavy atom. The first-order chi connectivity index (χ1) is 12.0. The molecule has 0 saturated carbocycles. The quantitative estimate of drug-likeness (QED) is 0.572. The number of ether oxygens (including phenoxy) is 1. The first kappa shape index (κ1) is 16.6. The van der Waals surface area contributed by atoms with Crippen molar-refractivity contribution in [2.45, 2.75) is 13.8 Å². The van der Waals surface area contributed by atoms with Gasteiger partial charge in [0.2, 0.25) is 5.78 Å². The van der Waals surface area contributed by atoms with Crippen molar-refractivity contribution >= 4 is 11.8 Å². The van der Waals surface area contributed by atoms with Gasteiger partial charge in [0.1, 0.15) is 5.82 Å². The Morgan fingerprint density at radius 2 is 1.84 bits per heavy atom. The summed E-state index contributed by atoms with van der Waals surface area (Å²) < 4.78 is 5.07. The van der Waals surface area contributed by atoms with Crippen LogP contribution in [-0.4, -0.2) is 33.3 Å². The second-order valence-electron chi connectivity index (χ2n) is 5.61. The van der Waals surface area contributed by atoms with Gasteiger partial charge in [-0.2, -0.15) is 0 Å². The molecule has 0 saturated heterocycles. The summed E-state index contributed by atoms with van der Waals surface area (Å²) in [6.45, 7) is 3.57. The Kier molecular flexibility index (Phi) is 4.70. The number of nitrogens with one attached hydrogen (secondary N) is 1. The van der Waals surface area contributed by atoms with Crippen molar-refractivity contribution in [1.82, 2.24) is 15.0 Å². The summed E-state index contributed by atoms with van der Waals surface area (Å²) in [5, 5.41) is 0. The number of imidazole rings is 1. The van der Waals surface area contributed by atoms with E-state index in [1.54, 1.807) is 42.6 Å². The topological polar surface area (TPSA) is 84.9 Å². The van der Waals surface area contributed by atoms with E-state index < -0.39 is 5.97 Å². The summed E-state index contributed by atoms with van der Waals surface area (Å²) in [7, 11) is 0. The van der Waals surface area contributed by atoms with Crippen LogP contribution < -0.4 is 0 Å². The molecule has 6 heteroatoms. The normalized spacial score (nSPS) is 10.5. The highest BCUT2D eigenvalue weighted by molar-refractivity contribution is 5.99. The molecule has 2 aromatic heterocycles. The Balaban J connectivity index is 1.64. The lowest BCUT2D eigenvalue weighted by Gasteiger charge is -2.05. The number of benzene rings is 1. The third-order valence-electron chi connectivity index (χ3n) is 3.84. The predicted octanol–water partition coefficient (Wildman–Crippen LogP) is 3.13. The first-order valence-electron chi connectivity index (χ1n) is 7.78. The van der Waals surface area contributed by atoms with Gasteiger partial charge in [-0.25, -0.2) is 9.78 Å². The number of aromatic amines is 1. The smallest absolute Gasteiger partial charge is 0.338 e. The lowest BCUT2D eigenvalue weighted by Crippen LogP contribution is -2.14. The molecule has 1 aromatic carbocycles. The van der Waals surface area contributed by atoms with Gasteiger partial charge in [0.25, 0.3) is 0 Å². The van der Waals surface area contributed by atoms with E-state index in [4.69, 9.17) is 4.74 Å². The van der Waals surface area contributed by atoms with E-state index in [0.717, 1.165) is 22.8 Å². The molecule has 6 nitrogen and oxygen atoms in total. The van der Waals surface area contributed by atoms with Crippen LogP contribution in [0.2, 0.25) is 0 Å². The van der Waals surface area contributed by atoms with Crippen molar-refractivity contribution in [2.75, 3.05) is 6.61 Å². The first-order valence-corrected chi connectivity index (χ1v) is 7.78. The highest BCUT2D eigenvalue weighted by atomic mass is 16.5. The SMILES string of the molecule is Cc1nc(-c2ccc(C(=O)OCC(=O)c3cccnc3)cc2)[nH]c1C. The Hall–Kier alpha value is -3.28. The third-order valence-corrected chi connectivity index (χ3v) is 3.84. The van der Waals surface area contributed by atoms with Crippen molar-refractivity contribution in [2.24, 2.45) is 0 Å². The van der Waals surface area contributed by atoms with Crippen LogP contribution in [0.1, 0.15) is 32.1 Å². The van der Waals surface area contributed by atoms with Gasteiger partial charge < -0.3 is 9.72 Å². The number of H-pyrrole nitrogens is 1. The molecular formula is C19H17N3O3. The van der Waals surface area contributed by atoms with Crippen molar-refractivity contribution in [3.63, 3.8) is 0 Å². The second kappa shape index (κ2) is 7.09. The van der Waals surface area contributed by atoms with Crippen molar-refractivity contribution in [3.8, 4) is 11.4 Å². The maximum absolute atomic E-state index is 12.1. The molecule has 2 heterocycles. The molecule has 0 fully saturated rings. The van der Waals surface area contributed by atoms with Gasteiger partial charge in [-0.1, -0.05) is 12.1 Å². The zero-order chi connectivity index (χ0) is 17.8. The molecule has 0 radical (unpaired) electrons. The molecule has 0 unspecified atom stereocenters. The number of carbonyl (C=O) groups excluding carboxylic acids is 2. The molecule has 0 bridgehead atoms. The van der Waals surface area contributed by atoms with E-state index in [1.165, 1.54) is 6.20 Å². The molecule has 0 aliphatic rings. The van der Waals surface area contributed by atoms with Crippen LogP contribution in [-0.2, 0) is 4.74 Å². The van der Waals surface area contributed by atoms with Crippen LogP contribution in [0.3, 0.4) is 0 Å². The van der Waals surface area contributed by atoms with E-state index in [-0.39, 0.29) is 12.4 Å². The summed E-state index contributed by atoms with van der Waals surface area (Å²) in [6, 6.07) is 10.2. The fourth-order valence-electron chi connectivity index (χ4n) is 2.27. The molecule has 0 atom stereocenters. The maximum atomic E-state index is 12.1. The molecule has 3 aromatic rings. The highest BCUT2D eigenvalue weighted by Gasteiger charge is 2.13. The molecule has 0 spiro atoms. The zero-order valence-corrected chi connectivity index (χ0v) is 13.9. The van der Waals surface area contributed by atoms with Gasteiger partial charge in [0.05, 0.1) is 11.3 Å². The van der Waals surface area contributed by atoms with Crippen LogP contribution in [0.25, 0.3) is 11.4 Å². The van der Waals surface area contributed by atoms with Gasteiger partial charge in [-0.3, -0.25) is 9.78 Å². The average Bonchev–Trinajstić information content (AvgIpc) is 2.99. The number of pyridine rings is 1. The van der Waals surface area contributed by atoms with Crippen LogP contribution in [0.4, 0.5) is 0 Å². The van der Waals surface area contributed by atoms with Gasteiger partial charge >= 0.3 is 5.97 Å². The Bertz CT molecular complexity index is 880. The molecular weight excluding hydrogens is 318 g/mol. The lowest BCUT2D eigenvalue weighted by molar-refractivity contribution is 0.0474. The number of carbonyl (C=O) groups is 2. The number of aryl methyl sites for hydroxylation is 2. The van der Waals surface area contributed by atoms with Gasteiger partial charge in [-0.05, 0) is 38.1 Å². The van der Waals surface area contributed by atoms with Crippen LogP contribution >= 0.6 is 0 Å². The van der Waals surface area contributed by atoms with Crippen molar-refractivity contribution in [1.29, 1.82) is 0 Å². The summed E-state index contributed by atoms with van der Waals surface area (Å²) in [5.41, 5.74) is 3.61. The number of Topliss-reactive ketones (excluding diaryl/α,β-unsaturated/α-hetero) is 1. The monoisotopic (exact) mass is 335 g/mol. The average molecular weight is 335 g/mol. The van der Waals surface area contributed by atoms with Crippen molar-refractivity contribution < 1.29 is 14.3 Å². The Morgan fingerprint density at radius 1 is 1.08 bits per heavy atom. The Labute approximate surface area is 144 Å². The number of hydrogen-bond acceptors (Lipinski definition) is 5. The summed E-state index contributed by atoms with van der Waals surface area (Å²) in [5.74, 6) is -0.0862. The fourth-order valence-corrected chi connectivity index (χ4v) is 2.27. The molecule has 0 aliphatic heterocycles. The number of aromatic nitrogens is 3. The summed E-state index contributed by atoms with van der Waals surface area (Å²) in [4.78, 5) is 35.5. The van der Waals surface area contributed by atoms with Crippen LogP contribution in [0, 0.1) is 13.8 Å². The third kappa shape index (κ3) is 3.80. The summed E-state index contributed by atoms with van der Waals surface area (Å²) >= 11 is 0. The molecule has 25 heavy (non-hydrogen) atoms. The van der Waals surface area contributed by atoms with Gasteiger partial charge in [0.15, 0.2) is 6.61 Å². The second-order valence-corrected chi connectivity index (χ2v) is 5.61. The van der Waals surface area contributed by atoms with E-state index in [2.05, 4.69) is 15.0 Å². The zero-order valence-electron chi connectivity index (χ0n) is 13.9. The minimum Gasteiger partial charge on any atom is -0.454 e. The molecule has 0 amide bonds. The molecule has 3 rings (SSSR count).